The van der Waals surface area contributed by atoms with Crippen LogP contribution < -0.4 is 10.2 Å². The lowest BCUT2D eigenvalue weighted by atomic mass is 9.88. The fourth-order valence-corrected chi connectivity index (χ4v) is 3.62. The summed E-state index contributed by atoms with van der Waals surface area (Å²) in [6.45, 7) is 3.51. The van der Waals surface area contributed by atoms with Crippen LogP contribution in [-0.4, -0.2) is 19.5 Å². The third kappa shape index (κ3) is 4.04. The van der Waals surface area contributed by atoms with Crippen LogP contribution in [0.3, 0.4) is 0 Å². The number of carbonyl (C=O) groups is 1. The molecule has 2 aromatic rings. The highest BCUT2D eigenvalue weighted by Gasteiger charge is 2.22. The van der Waals surface area contributed by atoms with Crippen molar-refractivity contribution in [3.8, 4) is 0 Å². The van der Waals surface area contributed by atoms with Gasteiger partial charge in [0.15, 0.2) is 6.54 Å². The summed E-state index contributed by atoms with van der Waals surface area (Å²) in [7, 11) is 2.08. The van der Waals surface area contributed by atoms with Crippen LogP contribution in [0.4, 0.5) is 0 Å². The second-order valence-corrected chi connectivity index (χ2v) is 6.95. The molecule has 0 fully saturated rings. The number of fused-ring (bicyclic) bond motifs is 1. The zero-order valence-corrected chi connectivity index (χ0v) is 14.6. The highest BCUT2D eigenvalue weighted by molar-refractivity contribution is 5.77. The highest BCUT2D eigenvalue weighted by Crippen LogP contribution is 2.29. The Kier molecular flexibility index (Phi) is 5.31. The van der Waals surface area contributed by atoms with Crippen molar-refractivity contribution in [2.75, 3.05) is 13.6 Å². The highest BCUT2D eigenvalue weighted by atomic mass is 16.2. The first-order valence-electron chi connectivity index (χ1n) is 8.86. The Morgan fingerprint density at radius 2 is 1.92 bits per heavy atom. The number of amides is 1. The number of hydrogen-bond donors (Lipinski definition) is 2. The van der Waals surface area contributed by atoms with Crippen LogP contribution in [0.15, 0.2) is 48.5 Å². The fourth-order valence-electron chi connectivity index (χ4n) is 3.62. The molecule has 3 rings (SSSR count). The Balaban J connectivity index is 1.57. The molecule has 0 spiro atoms. The zero-order valence-electron chi connectivity index (χ0n) is 14.6. The molecule has 1 aliphatic rings. The van der Waals surface area contributed by atoms with Crippen LogP contribution in [0.5, 0.6) is 0 Å². The average Bonchev–Trinajstić information content (AvgIpc) is 2.57. The van der Waals surface area contributed by atoms with Gasteiger partial charge in [-0.15, -0.1) is 0 Å². The average molecular weight is 323 g/mol. The summed E-state index contributed by atoms with van der Waals surface area (Å²) in [6, 6.07) is 17.1. The summed E-state index contributed by atoms with van der Waals surface area (Å²) in [5.74, 6) is 0.141. The number of aryl methyl sites for hydroxylation is 2. The van der Waals surface area contributed by atoms with E-state index in [4.69, 9.17) is 0 Å². The fraction of sp³-hybridized carbons (Fsp3) is 0.381. The maximum absolute atomic E-state index is 12.5. The monoisotopic (exact) mass is 323 g/mol. The third-order valence-electron chi connectivity index (χ3n) is 4.92. The first-order chi connectivity index (χ1) is 11.6. The van der Waals surface area contributed by atoms with E-state index in [0.717, 1.165) is 25.8 Å². The van der Waals surface area contributed by atoms with Crippen molar-refractivity contribution >= 4 is 5.91 Å². The van der Waals surface area contributed by atoms with Crippen molar-refractivity contribution in [1.82, 2.24) is 5.32 Å². The maximum Gasteiger partial charge on any atom is 0.275 e. The van der Waals surface area contributed by atoms with Crippen LogP contribution in [-0.2, 0) is 17.8 Å². The summed E-state index contributed by atoms with van der Waals surface area (Å²) < 4.78 is 0. The lowest BCUT2D eigenvalue weighted by molar-refractivity contribution is -0.885. The molecule has 0 aromatic heterocycles. The maximum atomic E-state index is 12.5. The van der Waals surface area contributed by atoms with Gasteiger partial charge in [0.05, 0.1) is 13.1 Å². The van der Waals surface area contributed by atoms with E-state index in [1.165, 1.54) is 27.2 Å². The van der Waals surface area contributed by atoms with Crippen LogP contribution in [0, 0.1) is 6.92 Å². The molecule has 3 nitrogen and oxygen atoms in total. The number of quaternary nitrogens is 1. The molecule has 126 valence electrons. The molecular formula is C21H27N2O+. The molecule has 1 amide bonds. The van der Waals surface area contributed by atoms with E-state index in [1.807, 2.05) is 0 Å². The van der Waals surface area contributed by atoms with Gasteiger partial charge in [-0.25, -0.2) is 0 Å². The Morgan fingerprint density at radius 3 is 2.75 bits per heavy atom. The zero-order chi connectivity index (χ0) is 16.9. The van der Waals surface area contributed by atoms with Gasteiger partial charge in [0.2, 0.25) is 0 Å². The topological polar surface area (TPSA) is 33.5 Å². The van der Waals surface area contributed by atoms with Crippen molar-refractivity contribution in [2.45, 2.75) is 38.8 Å². The second-order valence-electron chi connectivity index (χ2n) is 6.95. The number of nitrogens with one attached hydrogen (secondary N) is 2. The van der Waals surface area contributed by atoms with Crippen LogP contribution >= 0.6 is 0 Å². The van der Waals surface area contributed by atoms with Crippen molar-refractivity contribution in [2.24, 2.45) is 0 Å². The molecule has 24 heavy (non-hydrogen) atoms. The molecule has 2 N–H and O–H groups in total. The van der Waals surface area contributed by atoms with Gasteiger partial charge in [-0.3, -0.25) is 4.79 Å². The van der Waals surface area contributed by atoms with Gasteiger partial charge in [0.1, 0.15) is 6.54 Å². The van der Waals surface area contributed by atoms with E-state index in [9.17, 15) is 4.79 Å². The van der Waals surface area contributed by atoms with Crippen LogP contribution in [0.25, 0.3) is 0 Å². The van der Waals surface area contributed by atoms with Gasteiger partial charge in [-0.05, 0) is 42.9 Å². The van der Waals surface area contributed by atoms with E-state index >= 15 is 0 Å². The summed E-state index contributed by atoms with van der Waals surface area (Å²) in [5.41, 5.74) is 5.28. The number of hydrogen-bond acceptors (Lipinski definition) is 1. The minimum atomic E-state index is 0.141. The largest absolute Gasteiger partial charge is 0.344 e. The normalized spacial score (nSPS) is 17.8. The SMILES string of the molecule is Cc1ccccc1C[NH+](C)CC(=O)N[C@@H]1CCCc2ccccc21. The van der Waals surface area contributed by atoms with Gasteiger partial charge in [-0.1, -0.05) is 48.5 Å². The predicted octanol–water partition coefficient (Wildman–Crippen LogP) is 2.20. The first kappa shape index (κ1) is 16.7. The molecule has 0 heterocycles. The van der Waals surface area contributed by atoms with E-state index in [-0.39, 0.29) is 11.9 Å². The number of likely N-dealkylation sites (N-methyl/N-ethyl adjacent to an activating group) is 1. The Labute approximate surface area is 144 Å². The van der Waals surface area contributed by atoms with Crippen molar-refractivity contribution < 1.29 is 9.69 Å². The molecule has 1 unspecified atom stereocenters. The molecule has 0 aliphatic heterocycles. The minimum absolute atomic E-state index is 0.141. The van der Waals surface area contributed by atoms with Gasteiger partial charge >= 0.3 is 0 Å². The smallest absolute Gasteiger partial charge is 0.275 e. The Hall–Kier alpha value is -2.13. The molecule has 3 heteroatoms. The molecular weight excluding hydrogens is 296 g/mol. The molecule has 1 aliphatic carbocycles. The van der Waals surface area contributed by atoms with E-state index in [1.54, 1.807) is 0 Å². The Morgan fingerprint density at radius 1 is 1.17 bits per heavy atom. The molecule has 0 bridgehead atoms. The van der Waals surface area contributed by atoms with Crippen LogP contribution in [0.2, 0.25) is 0 Å². The third-order valence-corrected chi connectivity index (χ3v) is 4.92. The van der Waals surface area contributed by atoms with Gasteiger partial charge in [0, 0.05) is 5.56 Å². The number of benzene rings is 2. The van der Waals surface area contributed by atoms with Crippen molar-refractivity contribution in [3.63, 3.8) is 0 Å². The Bertz CT molecular complexity index is 710. The van der Waals surface area contributed by atoms with Gasteiger partial charge < -0.3 is 10.2 Å². The standard InChI is InChI=1S/C21H26N2O/c1-16-8-3-4-10-18(16)14-23(2)15-21(24)22-20-13-7-11-17-9-5-6-12-19(17)20/h3-6,8-10,12,20H,7,11,13-15H2,1-2H3,(H,22,24)/p+1/t20-/m1/s1. The summed E-state index contributed by atoms with van der Waals surface area (Å²) in [5, 5.41) is 3.25. The van der Waals surface area contributed by atoms with Crippen molar-refractivity contribution in [3.05, 3.63) is 70.8 Å². The minimum Gasteiger partial charge on any atom is -0.344 e. The van der Waals surface area contributed by atoms with Crippen LogP contribution in [0.1, 0.15) is 41.1 Å². The molecule has 0 saturated heterocycles. The summed E-state index contributed by atoms with van der Waals surface area (Å²) in [4.78, 5) is 13.7. The predicted molar refractivity (Wildman–Crippen MR) is 96.9 cm³/mol. The van der Waals surface area contributed by atoms with Crippen molar-refractivity contribution in [1.29, 1.82) is 0 Å². The molecule has 2 aromatic carbocycles. The first-order valence-corrected chi connectivity index (χ1v) is 8.86. The summed E-state index contributed by atoms with van der Waals surface area (Å²) >= 11 is 0. The number of carbonyl (C=O) groups excluding carboxylic acids is 1. The van der Waals surface area contributed by atoms with E-state index in [2.05, 4.69) is 67.8 Å². The lowest BCUT2D eigenvalue weighted by Gasteiger charge is -2.26. The number of rotatable bonds is 5. The molecule has 0 radical (unpaired) electrons. The molecule has 0 saturated carbocycles. The van der Waals surface area contributed by atoms with E-state index < -0.39 is 0 Å². The summed E-state index contributed by atoms with van der Waals surface area (Å²) in [6.07, 6.45) is 3.31. The quantitative estimate of drug-likeness (QED) is 0.869. The van der Waals surface area contributed by atoms with Gasteiger partial charge in [0.25, 0.3) is 5.91 Å². The van der Waals surface area contributed by atoms with E-state index in [0.29, 0.717) is 6.54 Å². The second kappa shape index (κ2) is 7.63. The molecule has 2 atom stereocenters. The van der Waals surface area contributed by atoms with Gasteiger partial charge in [-0.2, -0.15) is 0 Å². The lowest BCUT2D eigenvalue weighted by Crippen LogP contribution is -3.09.